The van der Waals surface area contributed by atoms with E-state index in [4.69, 9.17) is 0 Å². The number of hydrogen-bond donors (Lipinski definition) is 1. The highest BCUT2D eigenvalue weighted by atomic mass is 19.4. The van der Waals surface area contributed by atoms with Crippen LogP contribution in [0.1, 0.15) is 33.9 Å². The lowest BCUT2D eigenvalue weighted by atomic mass is 9.97. The van der Waals surface area contributed by atoms with Crippen LogP contribution in [-0.2, 0) is 0 Å². The molecule has 0 heterocycles. The Labute approximate surface area is 167 Å². The van der Waals surface area contributed by atoms with Crippen molar-refractivity contribution in [2.24, 2.45) is 0 Å². The van der Waals surface area contributed by atoms with Gasteiger partial charge in [0, 0.05) is 17.7 Å². The van der Waals surface area contributed by atoms with Gasteiger partial charge in [0.25, 0.3) is 0 Å². The lowest BCUT2D eigenvalue weighted by molar-refractivity contribution is -0.274. The SMILES string of the molecule is Cc1ccc(C(=O)CC(Nc2ccc(OC(F)(F)F)cc2)c2ccccc2)cc1. The number of halogens is 3. The van der Waals surface area contributed by atoms with E-state index in [0.29, 0.717) is 11.3 Å². The molecule has 0 saturated carbocycles. The van der Waals surface area contributed by atoms with Gasteiger partial charge in [0.2, 0.25) is 0 Å². The number of alkyl halides is 3. The largest absolute Gasteiger partial charge is 0.573 e. The molecule has 3 nitrogen and oxygen atoms in total. The first-order valence-electron chi connectivity index (χ1n) is 9.07. The molecule has 3 aromatic rings. The second kappa shape index (κ2) is 8.82. The fraction of sp³-hybridized carbons (Fsp3) is 0.174. The summed E-state index contributed by atoms with van der Waals surface area (Å²) in [6.07, 6.45) is -4.53. The zero-order valence-corrected chi connectivity index (χ0v) is 15.7. The molecule has 0 bridgehead atoms. The first-order valence-corrected chi connectivity index (χ1v) is 9.07. The first kappa shape index (κ1) is 20.5. The number of Topliss-reactive ketones (excluding diaryl/α,β-unsaturated/α-hetero) is 1. The van der Waals surface area contributed by atoms with Gasteiger partial charge in [-0.05, 0) is 36.8 Å². The number of nitrogens with one attached hydrogen (secondary N) is 1. The predicted molar refractivity (Wildman–Crippen MR) is 106 cm³/mol. The number of aryl methyl sites for hydroxylation is 1. The fourth-order valence-electron chi connectivity index (χ4n) is 2.93. The van der Waals surface area contributed by atoms with Crippen LogP contribution in [0.25, 0.3) is 0 Å². The van der Waals surface area contributed by atoms with Gasteiger partial charge in [-0.15, -0.1) is 13.2 Å². The van der Waals surface area contributed by atoms with Crippen molar-refractivity contribution in [2.75, 3.05) is 5.32 Å². The van der Waals surface area contributed by atoms with Gasteiger partial charge < -0.3 is 10.1 Å². The topological polar surface area (TPSA) is 38.3 Å². The van der Waals surface area contributed by atoms with Crippen molar-refractivity contribution in [3.8, 4) is 5.75 Å². The monoisotopic (exact) mass is 399 g/mol. The Morgan fingerprint density at radius 2 is 1.55 bits per heavy atom. The molecule has 0 aromatic heterocycles. The van der Waals surface area contributed by atoms with Crippen molar-refractivity contribution in [3.63, 3.8) is 0 Å². The van der Waals surface area contributed by atoms with E-state index >= 15 is 0 Å². The van der Waals surface area contributed by atoms with Crippen molar-refractivity contribution in [1.29, 1.82) is 0 Å². The molecule has 1 N–H and O–H groups in total. The van der Waals surface area contributed by atoms with Crippen LogP contribution in [-0.4, -0.2) is 12.1 Å². The molecule has 29 heavy (non-hydrogen) atoms. The number of rotatable bonds is 7. The molecule has 0 spiro atoms. The van der Waals surface area contributed by atoms with Crippen molar-refractivity contribution in [2.45, 2.75) is 25.7 Å². The zero-order valence-electron chi connectivity index (χ0n) is 15.7. The Morgan fingerprint density at radius 3 is 2.14 bits per heavy atom. The summed E-state index contributed by atoms with van der Waals surface area (Å²) < 4.78 is 40.9. The van der Waals surface area contributed by atoms with E-state index < -0.39 is 6.36 Å². The maximum Gasteiger partial charge on any atom is 0.573 e. The van der Waals surface area contributed by atoms with Gasteiger partial charge in [0.05, 0.1) is 6.04 Å². The van der Waals surface area contributed by atoms with E-state index in [1.54, 1.807) is 12.1 Å². The van der Waals surface area contributed by atoms with E-state index in [1.165, 1.54) is 24.3 Å². The molecule has 0 aliphatic carbocycles. The number of benzene rings is 3. The van der Waals surface area contributed by atoms with Crippen molar-refractivity contribution in [1.82, 2.24) is 0 Å². The molecule has 0 fully saturated rings. The minimum Gasteiger partial charge on any atom is -0.406 e. The smallest absolute Gasteiger partial charge is 0.406 e. The van der Waals surface area contributed by atoms with Crippen LogP contribution < -0.4 is 10.1 Å². The molecule has 150 valence electrons. The van der Waals surface area contributed by atoms with Gasteiger partial charge in [-0.25, -0.2) is 0 Å². The normalized spacial score (nSPS) is 12.3. The van der Waals surface area contributed by atoms with Crippen molar-refractivity contribution >= 4 is 11.5 Å². The van der Waals surface area contributed by atoms with E-state index in [1.807, 2.05) is 49.4 Å². The maximum absolute atomic E-state index is 12.8. The Kier molecular flexibility index (Phi) is 6.22. The van der Waals surface area contributed by atoms with Gasteiger partial charge in [0.1, 0.15) is 5.75 Å². The van der Waals surface area contributed by atoms with E-state index in [9.17, 15) is 18.0 Å². The third-order valence-corrected chi connectivity index (χ3v) is 4.39. The van der Waals surface area contributed by atoms with E-state index in [-0.39, 0.29) is 24.0 Å². The highest BCUT2D eigenvalue weighted by molar-refractivity contribution is 5.96. The molecule has 0 saturated heterocycles. The van der Waals surface area contributed by atoms with Crippen LogP contribution in [0.2, 0.25) is 0 Å². The Hall–Kier alpha value is -3.28. The van der Waals surface area contributed by atoms with Gasteiger partial charge >= 0.3 is 6.36 Å². The fourth-order valence-corrected chi connectivity index (χ4v) is 2.93. The minimum atomic E-state index is -4.73. The molecule has 0 radical (unpaired) electrons. The van der Waals surface area contributed by atoms with Crippen LogP contribution >= 0.6 is 0 Å². The third-order valence-electron chi connectivity index (χ3n) is 4.39. The van der Waals surface area contributed by atoms with Crippen LogP contribution in [0.3, 0.4) is 0 Å². The van der Waals surface area contributed by atoms with Gasteiger partial charge in [-0.2, -0.15) is 0 Å². The summed E-state index contributed by atoms with van der Waals surface area (Å²) in [5, 5.41) is 3.24. The number of ether oxygens (including phenoxy) is 1. The molecule has 1 atom stereocenters. The molecular weight excluding hydrogens is 379 g/mol. The summed E-state index contributed by atoms with van der Waals surface area (Å²) in [5.41, 5.74) is 3.18. The summed E-state index contributed by atoms with van der Waals surface area (Å²) >= 11 is 0. The van der Waals surface area contributed by atoms with Crippen molar-refractivity contribution in [3.05, 3.63) is 95.6 Å². The van der Waals surface area contributed by atoms with Gasteiger partial charge in [-0.3, -0.25) is 4.79 Å². The van der Waals surface area contributed by atoms with E-state index in [0.717, 1.165) is 11.1 Å². The second-order valence-electron chi connectivity index (χ2n) is 6.67. The zero-order chi connectivity index (χ0) is 20.9. The average Bonchev–Trinajstić information content (AvgIpc) is 2.69. The average molecular weight is 399 g/mol. The van der Waals surface area contributed by atoms with Crippen LogP contribution in [0.5, 0.6) is 5.75 Å². The summed E-state index contributed by atoms with van der Waals surface area (Å²) in [6, 6.07) is 21.9. The molecule has 0 aliphatic rings. The molecule has 3 aromatic carbocycles. The lowest BCUT2D eigenvalue weighted by Crippen LogP contribution is -2.17. The highest BCUT2D eigenvalue weighted by Crippen LogP contribution is 2.28. The number of hydrogen-bond acceptors (Lipinski definition) is 3. The Balaban J connectivity index is 1.77. The van der Waals surface area contributed by atoms with Gasteiger partial charge in [-0.1, -0.05) is 60.2 Å². The molecule has 3 rings (SSSR count). The number of ketones is 1. The number of carbonyl (C=O) groups excluding carboxylic acids is 1. The van der Waals surface area contributed by atoms with E-state index in [2.05, 4.69) is 10.1 Å². The lowest BCUT2D eigenvalue weighted by Gasteiger charge is -2.20. The summed E-state index contributed by atoms with van der Waals surface area (Å²) in [5.74, 6) is -0.321. The molecule has 6 heteroatoms. The summed E-state index contributed by atoms with van der Waals surface area (Å²) in [6.45, 7) is 1.95. The van der Waals surface area contributed by atoms with Gasteiger partial charge in [0.15, 0.2) is 5.78 Å². The molecular formula is C23H20F3NO2. The highest BCUT2D eigenvalue weighted by Gasteiger charge is 2.31. The Morgan fingerprint density at radius 1 is 0.931 bits per heavy atom. The van der Waals surface area contributed by atoms with Crippen LogP contribution in [0, 0.1) is 6.92 Å². The quantitative estimate of drug-likeness (QED) is 0.473. The summed E-state index contributed by atoms with van der Waals surface area (Å²) in [7, 11) is 0. The maximum atomic E-state index is 12.8. The molecule has 0 amide bonds. The second-order valence-corrected chi connectivity index (χ2v) is 6.67. The summed E-state index contributed by atoms with van der Waals surface area (Å²) in [4.78, 5) is 12.8. The third kappa shape index (κ3) is 6.10. The number of carbonyl (C=O) groups is 1. The first-order chi connectivity index (χ1) is 13.8. The molecule has 1 unspecified atom stereocenters. The molecule has 0 aliphatic heterocycles. The standard InChI is InChI=1S/C23H20F3NO2/c1-16-7-9-18(10-8-16)22(28)15-21(17-5-3-2-4-6-17)27-19-11-13-20(14-12-19)29-23(24,25)26/h2-14,21,27H,15H2,1H3. The van der Waals surface area contributed by atoms with Crippen LogP contribution in [0.4, 0.5) is 18.9 Å². The van der Waals surface area contributed by atoms with Crippen LogP contribution in [0.15, 0.2) is 78.9 Å². The Bertz CT molecular complexity index is 937. The predicted octanol–water partition coefficient (Wildman–Crippen LogP) is 6.32. The minimum absolute atomic E-state index is 0.0247. The van der Waals surface area contributed by atoms with Crippen molar-refractivity contribution < 1.29 is 22.7 Å². The number of anilines is 1.